The Hall–Kier alpha value is -1.15. The van der Waals surface area contributed by atoms with Gasteiger partial charge in [-0.1, -0.05) is 31.4 Å². The van der Waals surface area contributed by atoms with Crippen molar-refractivity contribution in [2.75, 3.05) is 6.61 Å². The Morgan fingerprint density at radius 1 is 1.50 bits per heavy atom. The summed E-state index contributed by atoms with van der Waals surface area (Å²) in [5.74, 6) is -0.338. The molecule has 0 saturated carbocycles. The molecular formula is C8H10O2. The SMILES string of the molecule is C=C/C=C(\C=C)C(=O)CO. The topological polar surface area (TPSA) is 37.3 Å². The highest BCUT2D eigenvalue weighted by atomic mass is 16.3. The fourth-order valence-corrected chi connectivity index (χ4v) is 0.493. The van der Waals surface area contributed by atoms with Crippen molar-refractivity contribution in [3.05, 3.63) is 37.0 Å². The molecule has 0 aromatic carbocycles. The number of carbonyl (C=O) groups is 1. The van der Waals surface area contributed by atoms with Gasteiger partial charge in [0.1, 0.15) is 6.61 Å². The van der Waals surface area contributed by atoms with Crippen molar-refractivity contribution in [2.24, 2.45) is 0 Å². The van der Waals surface area contributed by atoms with Crippen molar-refractivity contribution >= 4 is 5.78 Å². The van der Waals surface area contributed by atoms with Crippen molar-refractivity contribution in [3.63, 3.8) is 0 Å². The second-order valence-corrected chi connectivity index (χ2v) is 1.64. The summed E-state index contributed by atoms with van der Waals surface area (Å²) in [6.45, 7) is 6.33. The van der Waals surface area contributed by atoms with Crippen LogP contribution in [-0.4, -0.2) is 17.5 Å². The molecule has 0 heterocycles. The molecule has 10 heavy (non-hydrogen) atoms. The molecule has 54 valence electrons. The van der Waals surface area contributed by atoms with E-state index in [1.807, 2.05) is 0 Å². The molecule has 1 N–H and O–H groups in total. The summed E-state index contributed by atoms with van der Waals surface area (Å²) in [6.07, 6.45) is 4.37. The lowest BCUT2D eigenvalue weighted by Gasteiger charge is -1.93. The molecule has 0 bridgehead atoms. The molecule has 0 rings (SSSR count). The van der Waals surface area contributed by atoms with Crippen molar-refractivity contribution in [2.45, 2.75) is 0 Å². The number of allylic oxidation sites excluding steroid dienone is 3. The van der Waals surface area contributed by atoms with Crippen LogP contribution in [-0.2, 0) is 4.79 Å². The van der Waals surface area contributed by atoms with E-state index in [4.69, 9.17) is 5.11 Å². The summed E-state index contributed by atoms with van der Waals surface area (Å²) >= 11 is 0. The first-order valence-corrected chi connectivity index (χ1v) is 2.85. The predicted molar refractivity (Wildman–Crippen MR) is 40.6 cm³/mol. The average molecular weight is 138 g/mol. The molecule has 0 saturated heterocycles. The van der Waals surface area contributed by atoms with Crippen LogP contribution in [0.25, 0.3) is 0 Å². The quantitative estimate of drug-likeness (QED) is 0.462. The first-order valence-electron chi connectivity index (χ1n) is 2.85. The second-order valence-electron chi connectivity index (χ2n) is 1.64. The Labute approximate surface area is 60.2 Å². The fraction of sp³-hybridized carbons (Fsp3) is 0.125. The standard InChI is InChI=1S/C8H10O2/c1-3-5-7(4-2)8(10)6-9/h3-5,9H,1-2,6H2/b7-5+. The molecule has 0 aliphatic carbocycles. The zero-order valence-corrected chi connectivity index (χ0v) is 5.71. The highest BCUT2D eigenvalue weighted by Gasteiger charge is 2.00. The van der Waals surface area contributed by atoms with Gasteiger partial charge in [-0.05, 0) is 0 Å². The summed E-state index contributed by atoms with van der Waals surface area (Å²) < 4.78 is 0. The number of hydrogen-bond donors (Lipinski definition) is 1. The molecule has 0 amide bonds. The number of aliphatic hydroxyl groups excluding tert-OH is 1. The van der Waals surface area contributed by atoms with Crippen molar-refractivity contribution in [1.82, 2.24) is 0 Å². The van der Waals surface area contributed by atoms with E-state index >= 15 is 0 Å². The summed E-state index contributed by atoms with van der Waals surface area (Å²) in [5, 5.41) is 8.39. The van der Waals surface area contributed by atoms with E-state index < -0.39 is 6.61 Å². The third-order valence-electron chi connectivity index (χ3n) is 0.983. The van der Waals surface area contributed by atoms with Crippen LogP contribution in [0.15, 0.2) is 37.0 Å². The minimum Gasteiger partial charge on any atom is -0.388 e. The number of Topliss-reactive ketones (excluding diaryl/α,β-unsaturated/α-hetero) is 1. The zero-order valence-electron chi connectivity index (χ0n) is 5.71. The van der Waals surface area contributed by atoms with Gasteiger partial charge in [0.15, 0.2) is 5.78 Å². The van der Waals surface area contributed by atoms with Crippen LogP contribution in [0.3, 0.4) is 0 Å². The van der Waals surface area contributed by atoms with E-state index in [9.17, 15) is 4.79 Å². The lowest BCUT2D eigenvalue weighted by atomic mass is 10.1. The molecule has 0 aromatic rings. The van der Waals surface area contributed by atoms with E-state index in [1.165, 1.54) is 18.2 Å². The summed E-state index contributed by atoms with van der Waals surface area (Å²) in [5.41, 5.74) is 0.387. The molecule has 0 atom stereocenters. The number of carbonyl (C=O) groups excluding carboxylic acids is 1. The number of hydrogen-bond acceptors (Lipinski definition) is 2. The smallest absolute Gasteiger partial charge is 0.188 e. The van der Waals surface area contributed by atoms with Crippen LogP contribution in [0.5, 0.6) is 0 Å². The Balaban J connectivity index is 4.34. The van der Waals surface area contributed by atoms with Gasteiger partial charge < -0.3 is 5.11 Å². The molecular weight excluding hydrogens is 128 g/mol. The highest BCUT2D eigenvalue weighted by molar-refractivity contribution is 5.98. The maximum Gasteiger partial charge on any atom is 0.188 e. The molecule has 0 aliphatic rings. The molecule has 0 unspecified atom stereocenters. The highest BCUT2D eigenvalue weighted by Crippen LogP contribution is 1.96. The summed E-state index contributed by atoms with van der Waals surface area (Å²) in [6, 6.07) is 0. The maximum atomic E-state index is 10.7. The lowest BCUT2D eigenvalue weighted by Crippen LogP contribution is -2.04. The third kappa shape index (κ3) is 2.42. The molecule has 0 radical (unpaired) electrons. The maximum absolute atomic E-state index is 10.7. The monoisotopic (exact) mass is 138 g/mol. The van der Waals surface area contributed by atoms with E-state index in [1.54, 1.807) is 0 Å². The van der Waals surface area contributed by atoms with E-state index in [-0.39, 0.29) is 5.78 Å². The van der Waals surface area contributed by atoms with Gasteiger partial charge >= 0.3 is 0 Å². The van der Waals surface area contributed by atoms with Gasteiger partial charge in [0.25, 0.3) is 0 Å². The molecule has 0 aromatic heterocycles. The first-order chi connectivity index (χ1) is 4.76. The van der Waals surface area contributed by atoms with Crippen LogP contribution in [0.1, 0.15) is 0 Å². The number of aliphatic hydroxyl groups is 1. The van der Waals surface area contributed by atoms with Gasteiger partial charge in [0.05, 0.1) is 0 Å². The lowest BCUT2D eigenvalue weighted by molar-refractivity contribution is -0.117. The normalized spacial score (nSPS) is 10.7. The molecule has 2 nitrogen and oxygen atoms in total. The van der Waals surface area contributed by atoms with Crippen molar-refractivity contribution < 1.29 is 9.90 Å². The van der Waals surface area contributed by atoms with Crippen molar-refractivity contribution in [1.29, 1.82) is 0 Å². The number of rotatable bonds is 4. The van der Waals surface area contributed by atoms with Gasteiger partial charge in [-0.25, -0.2) is 0 Å². The van der Waals surface area contributed by atoms with E-state index in [0.717, 1.165) is 0 Å². The Kier molecular flexibility index (Phi) is 4.16. The van der Waals surface area contributed by atoms with Crippen LogP contribution >= 0.6 is 0 Å². The minimum atomic E-state index is -0.480. The Morgan fingerprint density at radius 3 is 2.40 bits per heavy atom. The number of ketones is 1. The van der Waals surface area contributed by atoms with Crippen LogP contribution < -0.4 is 0 Å². The first kappa shape index (κ1) is 8.85. The molecule has 0 fully saturated rings. The predicted octanol–water partition coefficient (Wildman–Crippen LogP) is 0.846. The average Bonchev–Trinajstić information content (AvgIpc) is 1.99. The van der Waals surface area contributed by atoms with Gasteiger partial charge in [0.2, 0.25) is 0 Å². The summed E-state index contributed by atoms with van der Waals surface area (Å²) in [7, 11) is 0. The molecule has 0 aliphatic heterocycles. The molecule has 2 heteroatoms. The van der Waals surface area contributed by atoms with Crippen LogP contribution in [0, 0.1) is 0 Å². The van der Waals surface area contributed by atoms with Gasteiger partial charge in [-0.2, -0.15) is 0 Å². The van der Waals surface area contributed by atoms with Gasteiger partial charge in [-0.3, -0.25) is 4.79 Å². The van der Waals surface area contributed by atoms with Crippen LogP contribution in [0.2, 0.25) is 0 Å². The van der Waals surface area contributed by atoms with Crippen molar-refractivity contribution in [3.8, 4) is 0 Å². The largest absolute Gasteiger partial charge is 0.388 e. The Morgan fingerprint density at radius 2 is 2.10 bits per heavy atom. The zero-order chi connectivity index (χ0) is 7.98. The second kappa shape index (κ2) is 4.70. The Bertz CT molecular complexity index is 178. The summed E-state index contributed by atoms with van der Waals surface area (Å²) in [4.78, 5) is 10.7. The molecule has 0 spiro atoms. The van der Waals surface area contributed by atoms with E-state index in [0.29, 0.717) is 5.57 Å². The minimum absolute atomic E-state index is 0.338. The fourth-order valence-electron chi connectivity index (χ4n) is 0.493. The van der Waals surface area contributed by atoms with Crippen LogP contribution in [0.4, 0.5) is 0 Å². The van der Waals surface area contributed by atoms with Gasteiger partial charge in [-0.15, -0.1) is 0 Å². The van der Waals surface area contributed by atoms with E-state index in [2.05, 4.69) is 13.2 Å². The third-order valence-corrected chi connectivity index (χ3v) is 0.983. The van der Waals surface area contributed by atoms with Gasteiger partial charge in [0, 0.05) is 5.57 Å².